The Balaban J connectivity index is 2.76. The Kier molecular flexibility index (Phi) is 1.47. The van der Waals surface area contributed by atoms with Gasteiger partial charge in [0.1, 0.15) is 0 Å². The third-order valence-electron chi connectivity index (χ3n) is 0.827. The van der Waals surface area contributed by atoms with Gasteiger partial charge in [-0.05, 0) is 10.3 Å². The molecule has 0 saturated carbocycles. The van der Waals surface area contributed by atoms with Crippen LogP contribution in [0.5, 0.6) is 0 Å². The highest BCUT2D eigenvalue weighted by atomic mass is 32.1. The summed E-state index contributed by atoms with van der Waals surface area (Å²) < 4.78 is 0. The van der Waals surface area contributed by atoms with Crippen LogP contribution in [-0.2, 0) is 6.42 Å². The van der Waals surface area contributed by atoms with Gasteiger partial charge in [0.15, 0.2) is 0 Å². The van der Waals surface area contributed by atoms with Gasteiger partial charge in [-0.1, -0.05) is 12.1 Å². The molecule has 0 aliphatic rings. The first-order valence-electron chi connectivity index (χ1n) is 2.25. The predicted octanol–water partition coefficient (Wildman–Crippen LogP) is 2.12. The minimum atomic E-state index is 0.928. The van der Waals surface area contributed by atoms with Crippen molar-refractivity contribution in [2.75, 3.05) is 0 Å². The summed E-state index contributed by atoms with van der Waals surface area (Å²) in [5, 5.41) is 2.07. The largest absolute Gasteiger partial charge is 0.338 e. The second kappa shape index (κ2) is 2.12. The van der Waals surface area contributed by atoms with Crippen LogP contribution in [0.25, 0.3) is 0 Å². The van der Waals surface area contributed by atoms with Crippen LogP contribution < -0.4 is 0 Å². The lowest BCUT2D eigenvalue weighted by Gasteiger charge is -1.86. The summed E-state index contributed by atoms with van der Waals surface area (Å²) in [5.41, 5.74) is 0. The summed E-state index contributed by atoms with van der Waals surface area (Å²) in [5.74, 6) is 0. The predicted molar refractivity (Wildman–Crippen MR) is 33.4 cm³/mol. The van der Waals surface area contributed by atoms with Crippen molar-refractivity contribution >= 4 is 11.3 Å². The van der Waals surface area contributed by atoms with E-state index in [-0.39, 0.29) is 0 Å². The van der Waals surface area contributed by atoms with Gasteiger partial charge in [0.25, 0.3) is 0 Å². The summed E-state index contributed by atoms with van der Waals surface area (Å²) in [7, 11) is 0. The first-order chi connectivity index (χ1) is 3.43. The summed E-state index contributed by atoms with van der Waals surface area (Å²) >= 11 is 1.76. The second-order valence-electron chi connectivity index (χ2n) is 1.33. The van der Waals surface area contributed by atoms with E-state index in [2.05, 4.69) is 18.4 Å². The van der Waals surface area contributed by atoms with Crippen molar-refractivity contribution < 1.29 is 0 Å². The maximum Gasteiger partial charge on any atom is -0.00914 e. The molecule has 0 nitrogen and oxygen atoms in total. The topological polar surface area (TPSA) is 0 Å². The van der Waals surface area contributed by atoms with Crippen molar-refractivity contribution in [3.05, 3.63) is 29.3 Å². The fourth-order valence-corrected chi connectivity index (χ4v) is 1.06. The van der Waals surface area contributed by atoms with Gasteiger partial charge in [-0.2, -0.15) is 11.3 Å². The molecule has 0 saturated heterocycles. The normalized spacial score (nSPS) is 9.29. The molecule has 7 heavy (non-hydrogen) atoms. The van der Waals surface area contributed by atoms with E-state index in [1.165, 1.54) is 4.88 Å². The molecule has 0 aliphatic heterocycles. The lowest BCUT2D eigenvalue weighted by atomic mass is 10.4. The highest BCUT2D eigenvalue weighted by Crippen LogP contribution is 2.07. The van der Waals surface area contributed by atoms with Gasteiger partial charge >= 0.3 is 0 Å². The van der Waals surface area contributed by atoms with Crippen molar-refractivity contribution in [3.8, 4) is 0 Å². The van der Waals surface area contributed by atoms with Crippen LogP contribution >= 0.6 is 11.3 Å². The Morgan fingerprint density at radius 3 is 2.86 bits per heavy atom. The minimum absolute atomic E-state index is 0.928. The van der Waals surface area contributed by atoms with Gasteiger partial charge in [0.05, 0.1) is 0 Å². The molecule has 0 bridgehead atoms. The minimum Gasteiger partial charge on any atom is -0.338 e. The molecular weight excluding hydrogens is 104 g/mol. The second-order valence-corrected chi connectivity index (χ2v) is 2.36. The highest BCUT2D eigenvalue weighted by molar-refractivity contribution is 7.09. The van der Waals surface area contributed by atoms with Gasteiger partial charge < -0.3 is 6.92 Å². The Hall–Kier alpha value is -0.300. The van der Waals surface area contributed by atoms with Crippen LogP contribution in [0.1, 0.15) is 4.88 Å². The van der Waals surface area contributed by atoms with Crippen LogP contribution in [0.3, 0.4) is 0 Å². The molecule has 0 amide bonds. The molecule has 1 aromatic rings. The first kappa shape index (κ1) is 4.85. The van der Waals surface area contributed by atoms with Gasteiger partial charge in [-0.3, -0.25) is 0 Å². The zero-order valence-electron chi connectivity index (χ0n) is 4.05. The third-order valence-corrected chi connectivity index (χ3v) is 1.76. The fourth-order valence-electron chi connectivity index (χ4n) is 0.455. The number of rotatable bonds is 1. The average Bonchev–Trinajstić information content (AvgIpc) is 2.14. The van der Waals surface area contributed by atoms with Gasteiger partial charge in [-0.15, -0.1) is 6.42 Å². The molecular formula is C6H7S-. The standard InChI is InChI=1S/C6H7S/c1-2-6-4-3-5-7-6/h3-5H,1-2H2/q-1. The molecule has 1 heteroatoms. The molecule has 1 aromatic heterocycles. The molecule has 0 aliphatic carbocycles. The molecule has 0 fully saturated rings. The lowest BCUT2D eigenvalue weighted by Crippen LogP contribution is -1.63. The van der Waals surface area contributed by atoms with E-state index >= 15 is 0 Å². The molecule has 0 N–H and O–H groups in total. The summed E-state index contributed by atoms with van der Waals surface area (Å²) in [6, 6.07) is 4.14. The van der Waals surface area contributed by atoms with Crippen LogP contribution in [0, 0.1) is 6.92 Å². The average molecular weight is 111 g/mol. The molecule has 1 rings (SSSR count). The zero-order chi connectivity index (χ0) is 5.11. The van der Waals surface area contributed by atoms with E-state index in [1.807, 2.05) is 6.07 Å². The van der Waals surface area contributed by atoms with Crippen LogP contribution in [0.4, 0.5) is 0 Å². The summed E-state index contributed by atoms with van der Waals surface area (Å²) in [4.78, 5) is 1.36. The maximum atomic E-state index is 3.74. The van der Waals surface area contributed by atoms with Crippen molar-refractivity contribution in [2.45, 2.75) is 6.42 Å². The van der Waals surface area contributed by atoms with Crippen LogP contribution in [0.15, 0.2) is 17.5 Å². The van der Waals surface area contributed by atoms with Crippen molar-refractivity contribution in [1.29, 1.82) is 0 Å². The molecule has 0 atom stereocenters. The molecule has 0 aromatic carbocycles. The van der Waals surface area contributed by atoms with Gasteiger partial charge in [0, 0.05) is 0 Å². The van der Waals surface area contributed by atoms with E-state index in [1.54, 1.807) is 11.3 Å². The van der Waals surface area contributed by atoms with Gasteiger partial charge in [0.2, 0.25) is 0 Å². The zero-order valence-corrected chi connectivity index (χ0v) is 4.87. The monoisotopic (exact) mass is 111 g/mol. The smallest absolute Gasteiger partial charge is 0.00914 e. The Morgan fingerprint density at radius 2 is 2.57 bits per heavy atom. The van der Waals surface area contributed by atoms with Crippen molar-refractivity contribution in [1.82, 2.24) is 0 Å². The van der Waals surface area contributed by atoms with Crippen molar-refractivity contribution in [3.63, 3.8) is 0 Å². The molecule has 1 heterocycles. The summed E-state index contributed by atoms with van der Waals surface area (Å²) in [6.07, 6.45) is 0.928. The molecule has 0 radical (unpaired) electrons. The Morgan fingerprint density at radius 1 is 1.71 bits per heavy atom. The van der Waals surface area contributed by atoms with E-state index in [9.17, 15) is 0 Å². The van der Waals surface area contributed by atoms with Crippen molar-refractivity contribution in [2.24, 2.45) is 0 Å². The number of hydrogen-bond donors (Lipinski definition) is 0. The SMILES string of the molecule is [CH2-]Cc1cccs1. The first-order valence-corrected chi connectivity index (χ1v) is 3.13. The van der Waals surface area contributed by atoms with E-state index in [0.29, 0.717) is 0 Å². The van der Waals surface area contributed by atoms with E-state index < -0.39 is 0 Å². The number of hydrogen-bond acceptors (Lipinski definition) is 1. The van der Waals surface area contributed by atoms with Crippen LogP contribution in [-0.4, -0.2) is 0 Å². The highest BCUT2D eigenvalue weighted by Gasteiger charge is 1.78. The third kappa shape index (κ3) is 1.03. The molecule has 38 valence electrons. The Bertz CT molecular complexity index is 119. The number of thiophene rings is 1. The van der Waals surface area contributed by atoms with E-state index in [0.717, 1.165) is 6.42 Å². The maximum absolute atomic E-state index is 3.74. The lowest BCUT2D eigenvalue weighted by molar-refractivity contribution is 1.35. The molecule has 0 spiro atoms. The van der Waals surface area contributed by atoms with Crippen LogP contribution in [0.2, 0.25) is 0 Å². The fraction of sp³-hybridized carbons (Fsp3) is 0.167. The van der Waals surface area contributed by atoms with Gasteiger partial charge in [-0.25, -0.2) is 0 Å². The van der Waals surface area contributed by atoms with E-state index in [4.69, 9.17) is 0 Å². The molecule has 0 unspecified atom stereocenters. The Labute approximate surface area is 47.8 Å². The quantitative estimate of drug-likeness (QED) is 0.487. The summed E-state index contributed by atoms with van der Waals surface area (Å²) in [6.45, 7) is 3.74.